The minimum Gasteiger partial charge on any atom is -0.359 e. The van der Waals surface area contributed by atoms with Crippen LogP contribution in [0.15, 0.2) is 54.6 Å². The van der Waals surface area contributed by atoms with Crippen molar-refractivity contribution in [3.63, 3.8) is 0 Å². The van der Waals surface area contributed by atoms with Crippen LogP contribution in [0.2, 0.25) is 0 Å². The number of rotatable bonds is 3. The number of hydrogen-bond acceptors (Lipinski definition) is 2. The van der Waals surface area contributed by atoms with Gasteiger partial charge in [-0.05, 0) is 29.2 Å². The Hall–Kier alpha value is -1.80. The summed E-state index contributed by atoms with van der Waals surface area (Å²) in [5.74, 6) is 0.573. The van der Waals surface area contributed by atoms with Gasteiger partial charge in [-0.15, -0.1) is 0 Å². The van der Waals surface area contributed by atoms with Crippen molar-refractivity contribution in [1.82, 2.24) is 0 Å². The van der Waals surface area contributed by atoms with Crippen molar-refractivity contribution in [3.05, 3.63) is 65.7 Å². The summed E-state index contributed by atoms with van der Waals surface area (Å²) in [6, 6.07) is 19.8. The van der Waals surface area contributed by atoms with E-state index in [9.17, 15) is 0 Å². The van der Waals surface area contributed by atoms with E-state index in [1.807, 2.05) is 0 Å². The fraction of sp³-hybridized carbons (Fsp3) is 0.333. The van der Waals surface area contributed by atoms with Gasteiger partial charge in [-0.3, -0.25) is 0 Å². The highest BCUT2D eigenvalue weighted by atomic mass is 16.5. The van der Waals surface area contributed by atoms with E-state index >= 15 is 0 Å². The summed E-state index contributed by atoms with van der Waals surface area (Å²) in [5, 5.41) is 0. The van der Waals surface area contributed by atoms with Crippen LogP contribution in [0.5, 0.6) is 0 Å². The maximum Gasteiger partial charge on any atom is 0.119 e. The molecule has 2 aromatic rings. The van der Waals surface area contributed by atoms with E-state index in [1.165, 1.54) is 16.8 Å². The van der Waals surface area contributed by atoms with Crippen molar-refractivity contribution in [2.24, 2.45) is 0 Å². The van der Waals surface area contributed by atoms with Crippen molar-refractivity contribution in [2.75, 3.05) is 18.2 Å². The zero-order valence-electron chi connectivity index (χ0n) is 12.1. The van der Waals surface area contributed by atoms with Crippen LogP contribution >= 0.6 is 0 Å². The quantitative estimate of drug-likeness (QED) is 0.820. The Balaban J connectivity index is 1.85. The fourth-order valence-electron chi connectivity index (χ4n) is 2.70. The molecule has 2 heteroatoms. The molecule has 0 bridgehead atoms. The largest absolute Gasteiger partial charge is 0.359 e. The van der Waals surface area contributed by atoms with Crippen molar-refractivity contribution in [3.8, 4) is 0 Å². The first-order chi connectivity index (χ1) is 9.75. The molecule has 3 rings (SSSR count). The van der Waals surface area contributed by atoms with Gasteiger partial charge in [-0.25, -0.2) is 0 Å². The van der Waals surface area contributed by atoms with Gasteiger partial charge >= 0.3 is 0 Å². The van der Waals surface area contributed by atoms with Gasteiger partial charge in [-0.2, -0.15) is 0 Å². The molecule has 0 N–H and O–H groups in total. The lowest BCUT2D eigenvalue weighted by Crippen LogP contribution is -2.23. The molecule has 0 radical (unpaired) electrons. The Bertz CT molecular complexity index is 547. The van der Waals surface area contributed by atoms with E-state index in [2.05, 4.69) is 73.3 Å². The van der Waals surface area contributed by atoms with E-state index in [4.69, 9.17) is 4.74 Å². The van der Waals surface area contributed by atoms with Crippen molar-refractivity contribution in [2.45, 2.75) is 25.8 Å². The van der Waals surface area contributed by atoms with Crippen LogP contribution < -0.4 is 4.90 Å². The number of benzene rings is 2. The zero-order chi connectivity index (χ0) is 13.9. The SMILES string of the molecule is CC(C)c1ccc(N2COCC2c2ccccc2)cc1. The first kappa shape index (κ1) is 13.2. The van der Waals surface area contributed by atoms with Crippen LogP contribution in [0.1, 0.15) is 36.9 Å². The highest BCUT2D eigenvalue weighted by Gasteiger charge is 2.26. The first-order valence-corrected chi connectivity index (χ1v) is 7.25. The minimum absolute atomic E-state index is 0.320. The molecule has 1 unspecified atom stereocenters. The third-order valence-corrected chi connectivity index (χ3v) is 3.96. The summed E-state index contributed by atoms with van der Waals surface area (Å²) in [6.45, 7) is 5.87. The van der Waals surface area contributed by atoms with E-state index in [1.54, 1.807) is 0 Å². The molecule has 0 aromatic heterocycles. The number of anilines is 1. The standard InChI is InChI=1S/C18H21NO/c1-14(2)15-8-10-17(11-9-15)19-13-20-12-18(19)16-6-4-3-5-7-16/h3-11,14,18H,12-13H2,1-2H3. The normalized spacial score (nSPS) is 18.8. The lowest BCUT2D eigenvalue weighted by Gasteiger charge is -2.25. The Labute approximate surface area is 121 Å². The molecule has 2 nitrogen and oxygen atoms in total. The van der Waals surface area contributed by atoms with E-state index in [0.29, 0.717) is 18.7 Å². The maximum atomic E-state index is 5.68. The highest BCUT2D eigenvalue weighted by molar-refractivity contribution is 5.51. The summed E-state index contributed by atoms with van der Waals surface area (Å²) in [6.07, 6.45) is 0. The second-order valence-electron chi connectivity index (χ2n) is 5.64. The van der Waals surface area contributed by atoms with Crippen LogP contribution in [0.4, 0.5) is 5.69 Å². The topological polar surface area (TPSA) is 12.5 Å². The Morgan fingerprint density at radius 3 is 2.35 bits per heavy atom. The fourth-order valence-corrected chi connectivity index (χ4v) is 2.70. The number of ether oxygens (including phenoxy) is 1. The molecule has 2 aromatic carbocycles. The zero-order valence-corrected chi connectivity index (χ0v) is 12.1. The van der Waals surface area contributed by atoms with Gasteiger partial charge in [0.1, 0.15) is 6.73 Å². The summed E-state index contributed by atoms with van der Waals surface area (Å²) < 4.78 is 5.68. The molecule has 104 valence electrons. The van der Waals surface area contributed by atoms with Crippen LogP contribution in [-0.2, 0) is 4.74 Å². The molecule has 0 saturated carbocycles. The van der Waals surface area contributed by atoms with Crippen LogP contribution in [0.3, 0.4) is 0 Å². The van der Waals surface area contributed by atoms with E-state index in [-0.39, 0.29) is 0 Å². The van der Waals surface area contributed by atoms with Gasteiger partial charge in [0, 0.05) is 5.69 Å². The van der Waals surface area contributed by atoms with E-state index in [0.717, 1.165) is 6.61 Å². The lowest BCUT2D eigenvalue weighted by atomic mass is 10.0. The molecule has 1 atom stereocenters. The molecule has 0 amide bonds. The lowest BCUT2D eigenvalue weighted by molar-refractivity contribution is 0.194. The third-order valence-electron chi connectivity index (χ3n) is 3.96. The van der Waals surface area contributed by atoms with Gasteiger partial charge in [0.2, 0.25) is 0 Å². The second-order valence-corrected chi connectivity index (χ2v) is 5.64. The molecule has 1 aliphatic rings. The van der Waals surface area contributed by atoms with E-state index < -0.39 is 0 Å². The highest BCUT2D eigenvalue weighted by Crippen LogP contribution is 2.32. The summed E-state index contributed by atoms with van der Waals surface area (Å²) >= 11 is 0. The molecule has 1 fully saturated rings. The monoisotopic (exact) mass is 267 g/mol. The van der Waals surface area contributed by atoms with Gasteiger partial charge < -0.3 is 9.64 Å². The van der Waals surface area contributed by atoms with Crippen molar-refractivity contribution >= 4 is 5.69 Å². The molecule has 0 spiro atoms. The van der Waals surface area contributed by atoms with Gasteiger partial charge in [0.05, 0.1) is 12.6 Å². The second kappa shape index (κ2) is 5.68. The Morgan fingerprint density at radius 1 is 1.00 bits per heavy atom. The summed E-state index contributed by atoms with van der Waals surface area (Å²) in [7, 11) is 0. The molecule has 20 heavy (non-hydrogen) atoms. The molecular weight excluding hydrogens is 246 g/mol. The van der Waals surface area contributed by atoms with Gasteiger partial charge in [0.25, 0.3) is 0 Å². The predicted molar refractivity (Wildman–Crippen MR) is 83.0 cm³/mol. The van der Waals surface area contributed by atoms with Crippen molar-refractivity contribution < 1.29 is 4.74 Å². The average molecular weight is 267 g/mol. The predicted octanol–water partition coefficient (Wildman–Crippen LogP) is 4.35. The molecule has 0 aliphatic carbocycles. The molecule has 1 aliphatic heterocycles. The Kier molecular flexibility index (Phi) is 3.75. The number of nitrogens with zero attached hydrogens (tertiary/aromatic N) is 1. The van der Waals surface area contributed by atoms with Crippen molar-refractivity contribution in [1.29, 1.82) is 0 Å². The molecule has 1 heterocycles. The maximum absolute atomic E-state index is 5.68. The molecular formula is C18H21NO. The summed E-state index contributed by atoms with van der Waals surface area (Å²) in [5.41, 5.74) is 3.93. The van der Waals surface area contributed by atoms with Crippen LogP contribution in [0, 0.1) is 0 Å². The van der Waals surface area contributed by atoms with Gasteiger partial charge in [-0.1, -0.05) is 56.3 Å². The Morgan fingerprint density at radius 2 is 1.70 bits per heavy atom. The van der Waals surface area contributed by atoms with Crippen LogP contribution in [-0.4, -0.2) is 13.3 Å². The van der Waals surface area contributed by atoms with Crippen LogP contribution in [0.25, 0.3) is 0 Å². The average Bonchev–Trinajstić information content (AvgIpc) is 2.97. The summed E-state index contributed by atoms with van der Waals surface area (Å²) in [4.78, 5) is 2.33. The van der Waals surface area contributed by atoms with Gasteiger partial charge in [0.15, 0.2) is 0 Å². The first-order valence-electron chi connectivity index (χ1n) is 7.25. The minimum atomic E-state index is 0.320. The third kappa shape index (κ3) is 2.56. The number of hydrogen-bond donors (Lipinski definition) is 0. The smallest absolute Gasteiger partial charge is 0.119 e. The molecule has 1 saturated heterocycles.